The molecule has 1 aliphatic rings. The largest absolute Gasteiger partial charge is 0.370 e. The Kier molecular flexibility index (Phi) is 9.43. The van der Waals surface area contributed by atoms with Gasteiger partial charge in [-0.2, -0.15) is 0 Å². The van der Waals surface area contributed by atoms with Gasteiger partial charge in [-0.25, -0.2) is 0 Å². The molecule has 24 heavy (non-hydrogen) atoms. The summed E-state index contributed by atoms with van der Waals surface area (Å²) < 4.78 is 0. The van der Waals surface area contributed by atoms with Gasteiger partial charge in [0.05, 0.1) is 0 Å². The molecule has 1 aromatic carbocycles. The third-order valence-electron chi connectivity index (χ3n) is 3.94. The predicted octanol–water partition coefficient (Wildman–Crippen LogP) is 3.72. The monoisotopic (exact) mass is 464 g/mol. The van der Waals surface area contributed by atoms with E-state index in [-0.39, 0.29) is 29.9 Å². The second kappa shape index (κ2) is 10.8. The van der Waals surface area contributed by atoms with Crippen molar-refractivity contribution in [3.63, 3.8) is 0 Å². The van der Waals surface area contributed by atoms with Gasteiger partial charge < -0.3 is 16.0 Å². The van der Waals surface area contributed by atoms with E-state index in [1.54, 1.807) is 24.3 Å². The molecule has 3 N–H and O–H groups in total. The molecule has 1 heterocycles. The number of hydrogen-bond donors (Lipinski definition) is 2. The Labute approximate surface area is 166 Å². The van der Waals surface area contributed by atoms with Crippen molar-refractivity contribution < 1.29 is 4.79 Å². The number of rotatable bonds is 5. The molecule has 1 fully saturated rings. The van der Waals surface area contributed by atoms with E-state index >= 15 is 0 Å². The zero-order chi connectivity index (χ0) is 16.7. The number of likely N-dealkylation sites (tertiary alicyclic amines) is 1. The molecular weight excluding hydrogens is 439 g/mol. The highest BCUT2D eigenvalue weighted by molar-refractivity contribution is 14.0. The van der Waals surface area contributed by atoms with E-state index in [4.69, 9.17) is 17.3 Å². The van der Waals surface area contributed by atoms with Crippen LogP contribution in [-0.4, -0.2) is 36.4 Å². The summed E-state index contributed by atoms with van der Waals surface area (Å²) in [4.78, 5) is 18.4. The highest BCUT2D eigenvalue weighted by Crippen LogP contribution is 2.15. The van der Waals surface area contributed by atoms with Crippen LogP contribution >= 0.6 is 35.6 Å². The number of nitrogens with two attached hydrogens (primary N) is 1. The fraction of sp³-hybridized carbons (Fsp3) is 0.529. The summed E-state index contributed by atoms with van der Waals surface area (Å²) in [5.74, 6) is 1.25. The molecule has 7 heteroatoms. The lowest BCUT2D eigenvalue weighted by atomic mass is 10.0. The number of halogens is 2. The highest BCUT2D eigenvalue weighted by Gasteiger charge is 2.17. The molecule has 5 nitrogen and oxygen atoms in total. The Hall–Kier alpha value is -1.02. The van der Waals surface area contributed by atoms with Crippen molar-refractivity contribution in [2.24, 2.45) is 16.6 Å². The molecule has 2 rings (SSSR count). The first-order valence-corrected chi connectivity index (χ1v) is 8.52. The quantitative estimate of drug-likeness (QED) is 0.302. The molecule has 1 aliphatic heterocycles. The van der Waals surface area contributed by atoms with E-state index < -0.39 is 0 Å². The minimum Gasteiger partial charge on any atom is -0.370 e. The Morgan fingerprint density at radius 2 is 2.12 bits per heavy atom. The van der Waals surface area contributed by atoms with E-state index in [9.17, 15) is 4.79 Å². The van der Waals surface area contributed by atoms with Crippen LogP contribution in [0.15, 0.2) is 29.3 Å². The summed E-state index contributed by atoms with van der Waals surface area (Å²) in [5.41, 5.74) is 6.78. The van der Waals surface area contributed by atoms with Crippen LogP contribution in [-0.2, 0) is 4.79 Å². The van der Waals surface area contributed by atoms with E-state index in [1.807, 2.05) is 0 Å². The molecule has 0 aliphatic carbocycles. The fourth-order valence-electron chi connectivity index (χ4n) is 2.69. The summed E-state index contributed by atoms with van der Waals surface area (Å²) >= 11 is 5.81. The van der Waals surface area contributed by atoms with Gasteiger partial charge in [-0.1, -0.05) is 18.5 Å². The molecule has 0 spiro atoms. The molecule has 0 saturated carbocycles. The Balaban J connectivity index is 0.00000288. The van der Waals surface area contributed by atoms with Gasteiger partial charge in [0, 0.05) is 36.8 Å². The first-order valence-electron chi connectivity index (χ1n) is 8.15. The van der Waals surface area contributed by atoms with Crippen LogP contribution in [0.3, 0.4) is 0 Å². The number of guanidine groups is 1. The predicted molar refractivity (Wildman–Crippen MR) is 111 cm³/mol. The lowest BCUT2D eigenvalue weighted by molar-refractivity contribution is -0.116. The topological polar surface area (TPSA) is 70.7 Å². The molecule has 1 unspecified atom stereocenters. The summed E-state index contributed by atoms with van der Waals surface area (Å²) in [6.07, 6.45) is 3.54. The summed E-state index contributed by atoms with van der Waals surface area (Å²) in [6.45, 7) is 4.77. The van der Waals surface area contributed by atoms with Crippen molar-refractivity contribution in [1.29, 1.82) is 0 Å². The van der Waals surface area contributed by atoms with Crippen molar-refractivity contribution >= 4 is 53.1 Å². The maximum atomic E-state index is 11.9. The van der Waals surface area contributed by atoms with Gasteiger partial charge >= 0.3 is 0 Å². The van der Waals surface area contributed by atoms with E-state index in [1.165, 1.54) is 12.8 Å². The second-order valence-corrected chi connectivity index (χ2v) is 6.53. The lowest BCUT2D eigenvalue weighted by Crippen LogP contribution is -2.43. The smallest absolute Gasteiger partial charge is 0.224 e. The molecular formula is C17H26ClIN4O. The number of aliphatic imine (C=N–C) groups is 1. The van der Waals surface area contributed by atoms with Crippen LogP contribution in [0, 0.1) is 5.92 Å². The van der Waals surface area contributed by atoms with Crippen molar-refractivity contribution in [1.82, 2.24) is 4.90 Å². The van der Waals surface area contributed by atoms with Gasteiger partial charge in [0.25, 0.3) is 0 Å². The summed E-state index contributed by atoms with van der Waals surface area (Å²) in [6, 6.07) is 7.07. The number of nitrogens with zero attached hydrogens (tertiary/aromatic N) is 2. The molecule has 1 amide bonds. The number of amides is 1. The third kappa shape index (κ3) is 7.25. The zero-order valence-corrected chi connectivity index (χ0v) is 17.1. The number of benzene rings is 1. The zero-order valence-electron chi connectivity index (χ0n) is 14.0. The first kappa shape index (κ1) is 21.0. The average Bonchev–Trinajstić information content (AvgIpc) is 2.53. The van der Waals surface area contributed by atoms with Crippen LogP contribution in [0.2, 0.25) is 5.02 Å². The van der Waals surface area contributed by atoms with Gasteiger partial charge in [-0.05, 0) is 49.4 Å². The molecule has 0 bridgehead atoms. The van der Waals surface area contributed by atoms with E-state index in [0.29, 0.717) is 36.3 Å². The van der Waals surface area contributed by atoms with Crippen molar-refractivity contribution in [3.8, 4) is 0 Å². The number of anilines is 1. The molecule has 0 radical (unpaired) electrons. The molecule has 134 valence electrons. The number of carbonyl (C=O) groups is 1. The van der Waals surface area contributed by atoms with Crippen LogP contribution in [0.4, 0.5) is 5.69 Å². The minimum absolute atomic E-state index is 0. The van der Waals surface area contributed by atoms with Crippen LogP contribution in [0.1, 0.15) is 32.6 Å². The maximum absolute atomic E-state index is 11.9. The van der Waals surface area contributed by atoms with E-state index in [0.717, 1.165) is 18.8 Å². The Bertz CT molecular complexity index is 550. The van der Waals surface area contributed by atoms with E-state index in [2.05, 4.69) is 22.1 Å². The van der Waals surface area contributed by atoms with Gasteiger partial charge in [-0.3, -0.25) is 9.79 Å². The molecule has 1 aromatic rings. The molecule has 1 saturated heterocycles. The van der Waals surface area contributed by atoms with Crippen LogP contribution in [0.25, 0.3) is 0 Å². The Morgan fingerprint density at radius 3 is 2.79 bits per heavy atom. The SMILES string of the molecule is CC1CCCN(C(N)=NCCCC(=O)Nc2ccc(Cl)cc2)C1.I. The normalized spacial score (nSPS) is 18.0. The third-order valence-corrected chi connectivity index (χ3v) is 4.20. The highest BCUT2D eigenvalue weighted by atomic mass is 127. The summed E-state index contributed by atoms with van der Waals surface area (Å²) in [5, 5.41) is 3.49. The maximum Gasteiger partial charge on any atom is 0.224 e. The van der Waals surface area contributed by atoms with Crippen molar-refractivity contribution in [2.45, 2.75) is 32.6 Å². The van der Waals surface area contributed by atoms with Gasteiger partial charge in [0.1, 0.15) is 0 Å². The van der Waals surface area contributed by atoms with Crippen molar-refractivity contribution in [2.75, 3.05) is 25.0 Å². The van der Waals surface area contributed by atoms with Gasteiger partial charge in [0.2, 0.25) is 5.91 Å². The minimum atomic E-state index is -0.0207. The number of piperidine rings is 1. The molecule has 0 aromatic heterocycles. The first-order chi connectivity index (χ1) is 11.0. The van der Waals surface area contributed by atoms with Crippen LogP contribution < -0.4 is 11.1 Å². The number of carbonyl (C=O) groups excluding carboxylic acids is 1. The number of nitrogens with one attached hydrogen (secondary N) is 1. The average molecular weight is 465 g/mol. The Morgan fingerprint density at radius 1 is 1.42 bits per heavy atom. The van der Waals surface area contributed by atoms with Gasteiger partial charge in [0.15, 0.2) is 5.96 Å². The summed E-state index contributed by atoms with van der Waals surface area (Å²) in [7, 11) is 0. The molecule has 1 atom stereocenters. The lowest BCUT2D eigenvalue weighted by Gasteiger charge is -2.31. The van der Waals surface area contributed by atoms with Gasteiger partial charge in [-0.15, -0.1) is 24.0 Å². The fourth-order valence-corrected chi connectivity index (χ4v) is 2.81. The van der Waals surface area contributed by atoms with Crippen molar-refractivity contribution in [3.05, 3.63) is 29.3 Å². The standard InChI is InChI=1S/C17H25ClN4O.HI/c1-13-4-3-11-22(12-13)17(19)20-10-2-5-16(23)21-15-8-6-14(18)7-9-15;/h6-9,13H,2-5,10-12H2,1H3,(H2,19,20)(H,21,23);1H. The van der Waals surface area contributed by atoms with Crippen LogP contribution in [0.5, 0.6) is 0 Å². The number of hydrogen-bond acceptors (Lipinski definition) is 2. The second-order valence-electron chi connectivity index (χ2n) is 6.09.